The van der Waals surface area contributed by atoms with Crippen LogP contribution in [0.1, 0.15) is 36.8 Å². The minimum Gasteiger partial charge on any atom is -0.454 e. The maximum atomic E-state index is 5.56. The van der Waals surface area contributed by atoms with E-state index in [1.54, 1.807) is 0 Å². The van der Waals surface area contributed by atoms with Crippen molar-refractivity contribution in [1.82, 2.24) is 4.90 Å². The lowest BCUT2D eigenvalue weighted by molar-refractivity contribution is 0.174. The second-order valence-corrected chi connectivity index (χ2v) is 8.05. The van der Waals surface area contributed by atoms with E-state index in [0.717, 1.165) is 36.8 Å². The van der Waals surface area contributed by atoms with E-state index in [1.807, 2.05) is 6.07 Å². The second-order valence-electron chi connectivity index (χ2n) is 8.05. The molecule has 1 aliphatic carbocycles. The summed E-state index contributed by atoms with van der Waals surface area (Å²) < 4.78 is 11.0. The fourth-order valence-electron chi connectivity index (χ4n) is 4.63. The number of nitrogens with zero attached hydrogens (tertiary/aromatic N) is 1. The maximum absolute atomic E-state index is 5.56. The van der Waals surface area contributed by atoms with Crippen molar-refractivity contribution < 1.29 is 9.47 Å². The third kappa shape index (κ3) is 3.72. The summed E-state index contributed by atoms with van der Waals surface area (Å²) in [6.07, 6.45) is 9.62. The molecule has 0 amide bonds. The molecule has 5 rings (SSSR count). The molecule has 0 saturated heterocycles. The average molecular weight is 373 g/mol. The van der Waals surface area contributed by atoms with Crippen LogP contribution in [0.4, 0.5) is 0 Å². The number of ether oxygens (including phenoxy) is 2. The number of hydrogen-bond donors (Lipinski definition) is 0. The van der Waals surface area contributed by atoms with Gasteiger partial charge in [-0.25, -0.2) is 0 Å². The molecule has 2 aromatic rings. The van der Waals surface area contributed by atoms with Gasteiger partial charge in [0.15, 0.2) is 11.5 Å². The summed E-state index contributed by atoms with van der Waals surface area (Å²) in [6.45, 7) is 3.78. The van der Waals surface area contributed by atoms with E-state index in [9.17, 15) is 0 Å². The number of benzene rings is 2. The third-order valence-corrected chi connectivity index (χ3v) is 6.17. The molecule has 0 bridgehead atoms. The van der Waals surface area contributed by atoms with Crippen LogP contribution < -0.4 is 9.47 Å². The number of hydrogen-bond acceptors (Lipinski definition) is 3. The Labute approximate surface area is 167 Å². The Hall–Kier alpha value is -2.52. The number of allylic oxidation sites excluding steroid dienone is 2. The summed E-state index contributed by atoms with van der Waals surface area (Å²) in [5.74, 6) is 2.48. The van der Waals surface area contributed by atoms with Crippen LogP contribution in [0.2, 0.25) is 0 Å². The van der Waals surface area contributed by atoms with Crippen molar-refractivity contribution >= 4 is 11.1 Å². The Bertz CT molecular complexity index is 900. The summed E-state index contributed by atoms with van der Waals surface area (Å²) in [7, 11) is 0. The lowest BCUT2D eigenvalue weighted by Gasteiger charge is -2.32. The average Bonchev–Trinajstić information content (AvgIpc) is 3.23. The summed E-state index contributed by atoms with van der Waals surface area (Å²) in [5.41, 5.74) is 5.64. The highest BCUT2D eigenvalue weighted by Gasteiger charge is 2.22. The van der Waals surface area contributed by atoms with Gasteiger partial charge in [0.2, 0.25) is 6.79 Å². The van der Waals surface area contributed by atoms with Gasteiger partial charge in [0.1, 0.15) is 0 Å². The van der Waals surface area contributed by atoms with Crippen molar-refractivity contribution in [1.29, 1.82) is 0 Å². The summed E-state index contributed by atoms with van der Waals surface area (Å²) in [4.78, 5) is 2.62. The van der Waals surface area contributed by atoms with Gasteiger partial charge in [-0.1, -0.05) is 48.6 Å². The van der Waals surface area contributed by atoms with Gasteiger partial charge >= 0.3 is 0 Å². The first-order chi connectivity index (χ1) is 13.8. The van der Waals surface area contributed by atoms with E-state index >= 15 is 0 Å². The molecule has 0 fully saturated rings. The minimum atomic E-state index is 0.341. The van der Waals surface area contributed by atoms with Gasteiger partial charge in [-0.15, -0.1) is 0 Å². The zero-order chi connectivity index (χ0) is 18.8. The van der Waals surface area contributed by atoms with E-state index < -0.39 is 0 Å². The van der Waals surface area contributed by atoms with Crippen molar-refractivity contribution in [3.8, 4) is 11.5 Å². The van der Waals surface area contributed by atoms with Crippen molar-refractivity contribution in [3.05, 3.63) is 71.8 Å². The summed E-state index contributed by atoms with van der Waals surface area (Å²) in [6, 6.07) is 17.2. The Morgan fingerprint density at radius 2 is 1.79 bits per heavy atom. The van der Waals surface area contributed by atoms with Crippen LogP contribution in [0.15, 0.2) is 60.7 Å². The molecule has 3 heteroatoms. The highest BCUT2D eigenvalue weighted by Crippen LogP contribution is 2.38. The van der Waals surface area contributed by atoms with E-state index in [0.29, 0.717) is 6.79 Å². The zero-order valence-corrected chi connectivity index (χ0v) is 16.3. The van der Waals surface area contributed by atoms with Crippen LogP contribution in [0.25, 0.3) is 11.1 Å². The van der Waals surface area contributed by atoms with Crippen molar-refractivity contribution in [2.24, 2.45) is 5.92 Å². The topological polar surface area (TPSA) is 21.7 Å². The van der Waals surface area contributed by atoms with Gasteiger partial charge in [0.05, 0.1) is 0 Å². The molecule has 28 heavy (non-hydrogen) atoms. The Morgan fingerprint density at radius 1 is 0.893 bits per heavy atom. The van der Waals surface area contributed by atoms with Gasteiger partial charge in [0.25, 0.3) is 0 Å². The molecule has 0 aromatic heterocycles. The molecule has 2 aromatic carbocycles. The molecule has 0 unspecified atom stereocenters. The van der Waals surface area contributed by atoms with Crippen LogP contribution in [0, 0.1) is 5.92 Å². The molecule has 0 N–H and O–H groups in total. The molecule has 1 atom stereocenters. The molecule has 0 radical (unpaired) electrons. The van der Waals surface area contributed by atoms with Crippen molar-refractivity contribution in [2.45, 2.75) is 25.7 Å². The van der Waals surface area contributed by atoms with E-state index in [1.165, 1.54) is 48.2 Å². The first-order valence-corrected chi connectivity index (χ1v) is 10.4. The molecule has 2 aliphatic heterocycles. The highest BCUT2D eigenvalue weighted by molar-refractivity contribution is 5.69. The van der Waals surface area contributed by atoms with Crippen LogP contribution in [0.5, 0.6) is 11.5 Å². The normalized spacial score (nSPS) is 21.9. The minimum absolute atomic E-state index is 0.341. The molecule has 144 valence electrons. The smallest absolute Gasteiger partial charge is 0.231 e. The van der Waals surface area contributed by atoms with Crippen LogP contribution in [0.3, 0.4) is 0 Å². The Morgan fingerprint density at radius 3 is 2.64 bits per heavy atom. The van der Waals surface area contributed by atoms with E-state index in [2.05, 4.69) is 59.5 Å². The van der Waals surface area contributed by atoms with Gasteiger partial charge in [0, 0.05) is 19.6 Å². The van der Waals surface area contributed by atoms with Crippen LogP contribution in [-0.2, 0) is 0 Å². The largest absolute Gasteiger partial charge is 0.454 e. The number of fused-ring (bicyclic) bond motifs is 1. The lowest BCUT2D eigenvalue weighted by Crippen LogP contribution is -2.33. The standard InChI is InChI=1S/C25H27NO2/c1-2-6-20(7-3-1)21-11-13-26(14-12-21)17-19-5-4-8-22(15-19)23-9-10-24-25(16-23)28-18-27-24/h1-3,6-11,16,19H,4-5,12-15,17-18H2/t19-/m1/s1. The van der Waals surface area contributed by atoms with Crippen molar-refractivity contribution in [2.75, 3.05) is 26.4 Å². The predicted octanol–water partition coefficient (Wildman–Crippen LogP) is 5.39. The van der Waals surface area contributed by atoms with Crippen LogP contribution >= 0.6 is 0 Å². The molecule has 0 saturated carbocycles. The quantitative estimate of drug-likeness (QED) is 0.717. The van der Waals surface area contributed by atoms with Gasteiger partial charge in [-0.05, 0) is 66.0 Å². The monoisotopic (exact) mass is 373 g/mol. The van der Waals surface area contributed by atoms with E-state index in [4.69, 9.17) is 9.47 Å². The Kier molecular flexibility index (Phi) is 4.92. The van der Waals surface area contributed by atoms with Crippen molar-refractivity contribution in [3.63, 3.8) is 0 Å². The molecule has 3 aliphatic rings. The maximum Gasteiger partial charge on any atom is 0.231 e. The molecule has 0 spiro atoms. The lowest BCUT2D eigenvalue weighted by atomic mass is 9.85. The van der Waals surface area contributed by atoms with Gasteiger partial charge in [-0.2, -0.15) is 0 Å². The molecular weight excluding hydrogens is 346 g/mol. The Balaban J connectivity index is 1.21. The number of rotatable bonds is 4. The molecule has 2 heterocycles. The fourth-order valence-corrected chi connectivity index (χ4v) is 4.63. The van der Waals surface area contributed by atoms with Gasteiger partial charge < -0.3 is 9.47 Å². The molecule has 3 nitrogen and oxygen atoms in total. The fraction of sp³-hybridized carbons (Fsp3) is 0.360. The summed E-state index contributed by atoms with van der Waals surface area (Å²) in [5, 5.41) is 0. The van der Waals surface area contributed by atoms with E-state index in [-0.39, 0.29) is 0 Å². The molecular formula is C25H27NO2. The first kappa shape index (κ1) is 17.6. The van der Waals surface area contributed by atoms with Crippen LogP contribution in [-0.4, -0.2) is 31.3 Å². The predicted molar refractivity (Wildman–Crippen MR) is 113 cm³/mol. The highest BCUT2D eigenvalue weighted by atomic mass is 16.7. The summed E-state index contributed by atoms with van der Waals surface area (Å²) >= 11 is 0. The third-order valence-electron chi connectivity index (χ3n) is 6.17. The van der Waals surface area contributed by atoms with Gasteiger partial charge in [-0.3, -0.25) is 4.90 Å². The SMILES string of the molecule is C1=C(c2ccccc2)CCN(C[C@@H]2CCC=C(c3ccc4c(c3)OCO4)C2)C1. The second kappa shape index (κ2) is 7.84. The zero-order valence-electron chi connectivity index (χ0n) is 16.3. The first-order valence-electron chi connectivity index (χ1n) is 10.4.